The van der Waals surface area contributed by atoms with Gasteiger partial charge in [0.05, 0.1) is 11.4 Å². The van der Waals surface area contributed by atoms with Crippen LogP contribution in [0, 0.1) is 12.7 Å². The Bertz CT molecular complexity index is 1210. The number of thioether (sulfide) groups is 1. The number of halogens is 2. The van der Waals surface area contributed by atoms with Crippen LogP contribution in [0.25, 0.3) is 6.08 Å². The molecule has 1 heterocycles. The fourth-order valence-corrected chi connectivity index (χ4v) is 4.30. The quantitative estimate of drug-likeness (QED) is 0.263. The highest BCUT2D eigenvalue weighted by Crippen LogP contribution is 2.34. The van der Waals surface area contributed by atoms with E-state index in [0.717, 1.165) is 28.0 Å². The number of hydrogen-bond acceptors (Lipinski definition) is 5. The molecule has 0 saturated carbocycles. The van der Waals surface area contributed by atoms with E-state index in [1.165, 1.54) is 23.8 Å². The highest BCUT2D eigenvalue weighted by Gasteiger charge is 2.35. The third kappa shape index (κ3) is 5.79. The maximum atomic E-state index is 14.1. The zero-order valence-electron chi connectivity index (χ0n) is 18.3. The highest BCUT2D eigenvalue weighted by molar-refractivity contribution is 8.18. The van der Waals surface area contributed by atoms with Crippen LogP contribution >= 0.6 is 23.4 Å². The predicted molar refractivity (Wildman–Crippen MR) is 132 cm³/mol. The average molecular weight is 498 g/mol. The number of rotatable bonds is 8. The van der Waals surface area contributed by atoms with Crippen molar-refractivity contribution >= 4 is 40.6 Å². The Morgan fingerprint density at radius 3 is 2.18 bits per heavy atom. The molecule has 0 aromatic heterocycles. The number of hydrogen-bond donors (Lipinski definition) is 0. The number of amides is 2. The maximum absolute atomic E-state index is 14.1. The predicted octanol–water partition coefficient (Wildman–Crippen LogP) is 6.48. The summed E-state index contributed by atoms with van der Waals surface area (Å²) in [6.07, 6.45) is 1.62. The van der Waals surface area contributed by atoms with E-state index < -0.39 is 17.0 Å². The molecule has 3 aromatic carbocycles. The first-order chi connectivity index (χ1) is 16.4. The molecule has 174 valence electrons. The van der Waals surface area contributed by atoms with Crippen LogP contribution in [-0.2, 0) is 11.3 Å². The van der Waals surface area contributed by atoms with Crippen LogP contribution in [0.1, 0.15) is 16.7 Å². The normalized spacial score (nSPS) is 14.7. The number of ether oxygens (including phenoxy) is 2. The smallest absolute Gasteiger partial charge is 0.293 e. The molecule has 3 aromatic rings. The van der Waals surface area contributed by atoms with E-state index >= 15 is 0 Å². The Balaban J connectivity index is 1.33. The summed E-state index contributed by atoms with van der Waals surface area (Å²) >= 11 is 6.85. The molecule has 0 N–H and O–H groups in total. The third-order valence-electron chi connectivity index (χ3n) is 5.07. The van der Waals surface area contributed by atoms with Gasteiger partial charge in [0.15, 0.2) is 0 Å². The number of aryl methyl sites for hydroxylation is 1. The van der Waals surface area contributed by atoms with E-state index in [4.69, 9.17) is 21.1 Å². The fraction of sp³-hybridized carbons (Fsp3) is 0.154. The monoisotopic (exact) mass is 497 g/mol. The van der Waals surface area contributed by atoms with Gasteiger partial charge in [-0.1, -0.05) is 47.5 Å². The van der Waals surface area contributed by atoms with Crippen LogP contribution < -0.4 is 9.47 Å². The van der Waals surface area contributed by atoms with Crippen molar-refractivity contribution < 1.29 is 23.5 Å². The highest BCUT2D eigenvalue weighted by atomic mass is 35.5. The van der Waals surface area contributed by atoms with Crippen molar-refractivity contribution in [3.8, 4) is 11.5 Å². The molecule has 0 bridgehead atoms. The average Bonchev–Trinajstić information content (AvgIpc) is 3.08. The second-order valence-electron chi connectivity index (χ2n) is 7.55. The summed E-state index contributed by atoms with van der Waals surface area (Å²) in [5.74, 6) is 0.404. The molecule has 34 heavy (non-hydrogen) atoms. The Morgan fingerprint density at radius 2 is 1.56 bits per heavy atom. The standard InChI is InChI=1S/C26H21ClFNO4S/c1-17-5-9-19(10-6-17)32-13-14-33-20-11-7-18(8-12-20)15-24-25(30)29(26(31)34-24)16-21-22(27)3-2-4-23(21)28/h2-12,15H,13-14,16H2,1H3/b24-15-. The van der Waals surface area contributed by atoms with E-state index in [1.807, 2.05) is 31.2 Å². The largest absolute Gasteiger partial charge is 0.490 e. The van der Waals surface area contributed by atoms with Gasteiger partial charge in [-0.25, -0.2) is 4.39 Å². The van der Waals surface area contributed by atoms with Crippen LogP contribution in [0.3, 0.4) is 0 Å². The Labute approximate surface area is 206 Å². The number of carbonyl (C=O) groups is 2. The molecule has 0 atom stereocenters. The van der Waals surface area contributed by atoms with Gasteiger partial charge >= 0.3 is 0 Å². The lowest BCUT2D eigenvalue weighted by molar-refractivity contribution is -0.123. The van der Waals surface area contributed by atoms with E-state index in [1.54, 1.807) is 30.3 Å². The molecule has 1 aliphatic heterocycles. The van der Waals surface area contributed by atoms with Gasteiger partial charge < -0.3 is 9.47 Å². The van der Waals surface area contributed by atoms with E-state index in [0.29, 0.717) is 19.0 Å². The molecular formula is C26H21ClFNO4S. The SMILES string of the molecule is Cc1ccc(OCCOc2ccc(/C=C3\SC(=O)N(Cc4c(F)cccc4Cl)C3=O)cc2)cc1. The summed E-state index contributed by atoms with van der Waals surface area (Å²) in [5, 5.41) is -0.299. The van der Waals surface area contributed by atoms with Crippen molar-refractivity contribution in [3.05, 3.63) is 99.2 Å². The van der Waals surface area contributed by atoms with Crippen molar-refractivity contribution in [2.45, 2.75) is 13.5 Å². The van der Waals surface area contributed by atoms with Gasteiger partial charge in [0.2, 0.25) is 0 Å². The van der Waals surface area contributed by atoms with Gasteiger partial charge in [0.1, 0.15) is 30.5 Å². The van der Waals surface area contributed by atoms with E-state index in [-0.39, 0.29) is 22.0 Å². The van der Waals surface area contributed by atoms with Gasteiger partial charge in [-0.2, -0.15) is 0 Å². The van der Waals surface area contributed by atoms with Gasteiger partial charge in [-0.05, 0) is 66.7 Å². The van der Waals surface area contributed by atoms with Crippen LogP contribution in [0.2, 0.25) is 5.02 Å². The summed E-state index contributed by atoms with van der Waals surface area (Å²) in [5.41, 5.74) is 2.01. The van der Waals surface area contributed by atoms with Crippen LogP contribution in [0.15, 0.2) is 71.6 Å². The van der Waals surface area contributed by atoms with Gasteiger partial charge in [0.25, 0.3) is 11.1 Å². The maximum Gasteiger partial charge on any atom is 0.293 e. The van der Waals surface area contributed by atoms with E-state index in [9.17, 15) is 14.0 Å². The first-order valence-corrected chi connectivity index (χ1v) is 11.7. The molecule has 4 rings (SSSR count). The third-order valence-corrected chi connectivity index (χ3v) is 6.33. The summed E-state index contributed by atoms with van der Waals surface area (Å²) in [6.45, 7) is 2.59. The van der Waals surface area contributed by atoms with Crippen molar-refractivity contribution in [2.24, 2.45) is 0 Å². The molecule has 2 amide bonds. The number of imide groups is 1. The van der Waals surface area contributed by atoms with Crippen molar-refractivity contribution in [2.75, 3.05) is 13.2 Å². The first-order valence-electron chi connectivity index (χ1n) is 10.5. The molecule has 1 saturated heterocycles. The zero-order chi connectivity index (χ0) is 24.1. The molecule has 1 fully saturated rings. The molecule has 0 unspecified atom stereocenters. The van der Waals surface area contributed by atoms with E-state index in [2.05, 4.69) is 0 Å². The van der Waals surface area contributed by atoms with Crippen molar-refractivity contribution in [3.63, 3.8) is 0 Å². The summed E-state index contributed by atoms with van der Waals surface area (Å²) in [6, 6.07) is 19.2. The van der Waals surface area contributed by atoms with Gasteiger partial charge in [0, 0.05) is 10.6 Å². The van der Waals surface area contributed by atoms with Crippen LogP contribution in [0.4, 0.5) is 9.18 Å². The Kier molecular flexibility index (Phi) is 7.55. The van der Waals surface area contributed by atoms with Gasteiger partial charge in [-0.3, -0.25) is 14.5 Å². The molecular weight excluding hydrogens is 477 g/mol. The number of carbonyl (C=O) groups excluding carboxylic acids is 2. The minimum atomic E-state index is -0.560. The Morgan fingerprint density at radius 1 is 0.941 bits per heavy atom. The van der Waals surface area contributed by atoms with Gasteiger partial charge in [-0.15, -0.1) is 0 Å². The summed E-state index contributed by atoms with van der Waals surface area (Å²) in [4.78, 5) is 26.4. The lowest BCUT2D eigenvalue weighted by atomic mass is 10.2. The second kappa shape index (κ2) is 10.8. The lowest BCUT2D eigenvalue weighted by Gasteiger charge is -2.14. The summed E-state index contributed by atoms with van der Waals surface area (Å²) < 4.78 is 25.4. The summed E-state index contributed by atoms with van der Waals surface area (Å²) in [7, 11) is 0. The minimum absolute atomic E-state index is 0.112. The van der Waals surface area contributed by atoms with Crippen LogP contribution in [-0.4, -0.2) is 29.3 Å². The van der Waals surface area contributed by atoms with Crippen molar-refractivity contribution in [1.29, 1.82) is 0 Å². The number of nitrogens with zero attached hydrogens (tertiary/aromatic N) is 1. The van der Waals surface area contributed by atoms with Crippen LogP contribution in [0.5, 0.6) is 11.5 Å². The lowest BCUT2D eigenvalue weighted by Crippen LogP contribution is -2.28. The molecule has 0 aliphatic carbocycles. The number of benzene rings is 3. The second-order valence-corrected chi connectivity index (χ2v) is 8.95. The molecule has 8 heteroatoms. The minimum Gasteiger partial charge on any atom is -0.490 e. The molecule has 0 spiro atoms. The Hall–Kier alpha value is -3.29. The fourth-order valence-electron chi connectivity index (χ4n) is 3.24. The molecule has 5 nitrogen and oxygen atoms in total. The zero-order valence-corrected chi connectivity index (χ0v) is 19.9. The molecule has 1 aliphatic rings. The van der Waals surface area contributed by atoms with Crippen molar-refractivity contribution in [1.82, 2.24) is 4.90 Å². The first kappa shape index (κ1) is 23.9. The molecule has 0 radical (unpaired) electrons. The topological polar surface area (TPSA) is 55.8 Å².